The number of rotatable bonds is 4. The first-order valence-corrected chi connectivity index (χ1v) is 18.0. The lowest BCUT2D eigenvalue weighted by molar-refractivity contribution is 0.620. The molecule has 3 heterocycles. The topological polar surface area (TPSA) is 64.7 Å². The van der Waals surface area contributed by atoms with Crippen molar-refractivity contribution in [2.75, 3.05) is 0 Å². The Bertz CT molecular complexity index is 3190. The van der Waals surface area contributed by atoms with E-state index in [1.807, 2.05) is 54.6 Å². The Morgan fingerprint density at radius 3 is 1.87 bits per heavy atom. The van der Waals surface area contributed by atoms with E-state index in [0.717, 1.165) is 65.7 Å². The Kier molecular flexibility index (Phi) is 6.35. The van der Waals surface area contributed by atoms with E-state index in [4.69, 9.17) is 24.4 Å². The quantitative estimate of drug-likeness (QED) is 0.173. The minimum absolute atomic E-state index is 0.621. The standard InChI is InChI=1S/C46H26N4OS/c1-3-11-28(12-4-1)43-48-44(50-45(49-43)36-25-30-15-7-8-16-32(30)33-17-9-10-18-34(33)36)31-20-19-27-21-23-38-40(35(27)26-31)41-39(52-38)24-22-37-42(41)47-46(51-37)29-13-5-2-6-14-29/h1-26H. The number of oxazole rings is 1. The maximum Gasteiger partial charge on any atom is 0.227 e. The molecule has 8 aromatic carbocycles. The zero-order valence-electron chi connectivity index (χ0n) is 27.6. The van der Waals surface area contributed by atoms with Crippen molar-refractivity contribution in [2.45, 2.75) is 0 Å². The van der Waals surface area contributed by atoms with Gasteiger partial charge in [0.25, 0.3) is 0 Å². The van der Waals surface area contributed by atoms with Gasteiger partial charge >= 0.3 is 0 Å². The van der Waals surface area contributed by atoms with E-state index in [1.54, 1.807) is 11.3 Å². The lowest BCUT2D eigenvalue weighted by Crippen LogP contribution is -2.00. The van der Waals surface area contributed by atoms with E-state index in [-0.39, 0.29) is 0 Å². The number of aromatic nitrogens is 4. The smallest absolute Gasteiger partial charge is 0.227 e. The summed E-state index contributed by atoms with van der Waals surface area (Å²) in [7, 11) is 0. The fraction of sp³-hybridized carbons (Fsp3) is 0. The predicted molar refractivity (Wildman–Crippen MR) is 215 cm³/mol. The molecule has 242 valence electrons. The van der Waals surface area contributed by atoms with Gasteiger partial charge in [-0.1, -0.05) is 115 Å². The van der Waals surface area contributed by atoms with Gasteiger partial charge in [0.1, 0.15) is 5.52 Å². The molecule has 0 N–H and O–H groups in total. The van der Waals surface area contributed by atoms with Gasteiger partial charge in [0.05, 0.1) is 0 Å². The van der Waals surface area contributed by atoms with Gasteiger partial charge < -0.3 is 4.42 Å². The van der Waals surface area contributed by atoms with Crippen molar-refractivity contribution in [3.05, 3.63) is 158 Å². The fourth-order valence-electron chi connectivity index (χ4n) is 7.49. The Hall–Kier alpha value is -6.76. The summed E-state index contributed by atoms with van der Waals surface area (Å²) in [5, 5.41) is 9.16. The summed E-state index contributed by atoms with van der Waals surface area (Å²) in [6.45, 7) is 0. The monoisotopic (exact) mass is 682 g/mol. The molecular formula is C46H26N4OS. The van der Waals surface area contributed by atoms with Crippen molar-refractivity contribution in [2.24, 2.45) is 0 Å². The van der Waals surface area contributed by atoms with Gasteiger partial charge in [0.15, 0.2) is 23.1 Å². The average Bonchev–Trinajstić information content (AvgIpc) is 3.83. The van der Waals surface area contributed by atoms with E-state index in [1.165, 1.54) is 20.2 Å². The summed E-state index contributed by atoms with van der Waals surface area (Å²) in [4.78, 5) is 20.5. The summed E-state index contributed by atoms with van der Waals surface area (Å²) in [6.07, 6.45) is 0. The Morgan fingerprint density at radius 1 is 0.404 bits per heavy atom. The van der Waals surface area contributed by atoms with Crippen molar-refractivity contribution in [3.8, 4) is 45.6 Å². The van der Waals surface area contributed by atoms with Crippen molar-refractivity contribution >= 4 is 74.9 Å². The van der Waals surface area contributed by atoms with Gasteiger partial charge in [-0.15, -0.1) is 11.3 Å². The number of hydrogen-bond acceptors (Lipinski definition) is 6. The predicted octanol–water partition coefficient (Wildman–Crippen LogP) is 12.5. The van der Waals surface area contributed by atoms with Crippen LogP contribution in [-0.4, -0.2) is 19.9 Å². The average molecular weight is 683 g/mol. The van der Waals surface area contributed by atoms with Crippen LogP contribution in [0.3, 0.4) is 0 Å². The molecule has 0 aliphatic rings. The molecule has 3 aromatic heterocycles. The van der Waals surface area contributed by atoms with Crippen molar-refractivity contribution in [1.29, 1.82) is 0 Å². The van der Waals surface area contributed by atoms with Gasteiger partial charge in [0.2, 0.25) is 5.89 Å². The maximum atomic E-state index is 6.32. The molecule has 52 heavy (non-hydrogen) atoms. The zero-order valence-corrected chi connectivity index (χ0v) is 28.4. The second kappa shape index (κ2) is 11.4. The summed E-state index contributed by atoms with van der Waals surface area (Å²) in [5.74, 6) is 2.52. The van der Waals surface area contributed by atoms with Crippen molar-refractivity contribution in [1.82, 2.24) is 19.9 Å². The third-order valence-electron chi connectivity index (χ3n) is 9.93. The molecule has 0 fully saturated rings. The molecule has 0 saturated heterocycles. The van der Waals surface area contributed by atoms with Crippen LogP contribution >= 0.6 is 11.3 Å². The van der Waals surface area contributed by atoms with Gasteiger partial charge in [-0.25, -0.2) is 19.9 Å². The first-order chi connectivity index (χ1) is 25.7. The van der Waals surface area contributed by atoms with Crippen molar-refractivity contribution < 1.29 is 4.42 Å². The number of fused-ring (bicyclic) bond motifs is 10. The lowest BCUT2D eigenvalue weighted by Gasteiger charge is -2.13. The summed E-state index contributed by atoms with van der Waals surface area (Å²) < 4.78 is 8.69. The number of thiophene rings is 1. The van der Waals surface area contributed by atoms with Crippen LogP contribution in [0.5, 0.6) is 0 Å². The molecule has 0 radical (unpaired) electrons. The minimum Gasteiger partial charge on any atom is -0.436 e. The minimum atomic E-state index is 0.621. The van der Waals surface area contributed by atoms with Gasteiger partial charge in [-0.05, 0) is 74.8 Å². The van der Waals surface area contributed by atoms with Gasteiger partial charge in [-0.3, -0.25) is 0 Å². The zero-order chi connectivity index (χ0) is 34.2. The first-order valence-electron chi connectivity index (χ1n) is 17.2. The van der Waals surface area contributed by atoms with E-state index >= 15 is 0 Å². The van der Waals surface area contributed by atoms with Gasteiger partial charge in [-0.2, -0.15) is 0 Å². The molecule has 0 saturated carbocycles. The molecule has 6 heteroatoms. The molecule has 0 bridgehead atoms. The fourth-order valence-corrected chi connectivity index (χ4v) is 8.61. The largest absolute Gasteiger partial charge is 0.436 e. The van der Waals surface area contributed by atoms with E-state index < -0.39 is 0 Å². The molecular weight excluding hydrogens is 657 g/mol. The Balaban J connectivity index is 1.17. The van der Waals surface area contributed by atoms with E-state index in [0.29, 0.717) is 23.4 Å². The highest BCUT2D eigenvalue weighted by Crippen LogP contribution is 2.43. The number of nitrogens with zero attached hydrogens (tertiary/aromatic N) is 4. The molecule has 0 aliphatic carbocycles. The molecule has 0 spiro atoms. The molecule has 0 aliphatic heterocycles. The van der Waals surface area contributed by atoms with Crippen LogP contribution in [0.2, 0.25) is 0 Å². The van der Waals surface area contributed by atoms with E-state index in [9.17, 15) is 0 Å². The van der Waals surface area contributed by atoms with Crippen LogP contribution in [0.1, 0.15) is 0 Å². The second-order valence-corrected chi connectivity index (χ2v) is 14.1. The van der Waals surface area contributed by atoms with E-state index in [2.05, 4.69) is 103 Å². The highest BCUT2D eigenvalue weighted by Gasteiger charge is 2.19. The van der Waals surface area contributed by atoms with Crippen LogP contribution in [0.4, 0.5) is 0 Å². The number of benzene rings is 8. The van der Waals surface area contributed by atoms with Crippen LogP contribution in [-0.2, 0) is 0 Å². The van der Waals surface area contributed by atoms with Crippen LogP contribution < -0.4 is 0 Å². The Labute approximate surface area is 301 Å². The summed E-state index contributed by atoms with van der Waals surface area (Å²) in [5.41, 5.74) is 5.44. The highest BCUT2D eigenvalue weighted by molar-refractivity contribution is 7.26. The first kappa shape index (κ1) is 29.0. The lowest BCUT2D eigenvalue weighted by atomic mass is 9.96. The normalized spacial score (nSPS) is 11.8. The molecule has 11 aromatic rings. The van der Waals surface area contributed by atoms with Crippen LogP contribution in [0, 0.1) is 0 Å². The molecule has 11 rings (SSSR count). The summed E-state index contributed by atoms with van der Waals surface area (Å²) >= 11 is 1.78. The maximum absolute atomic E-state index is 6.32. The molecule has 0 atom stereocenters. The van der Waals surface area contributed by atoms with Gasteiger partial charge in [0, 0.05) is 42.4 Å². The molecule has 0 unspecified atom stereocenters. The Morgan fingerprint density at radius 2 is 1.04 bits per heavy atom. The summed E-state index contributed by atoms with van der Waals surface area (Å²) in [6, 6.07) is 54.6. The highest BCUT2D eigenvalue weighted by atomic mass is 32.1. The molecule has 0 amide bonds. The molecule has 5 nitrogen and oxygen atoms in total. The number of hydrogen-bond donors (Lipinski definition) is 0. The van der Waals surface area contributed by atoms with Crippen LogP contribution in [0.15, 0.2) is 162 Å². The van der Waals surface area contributed by atoms with Crippen molar-refractivity contribution in [3.63, 3.8) is 0 Å². The third-order valence-corrected chi connectivity index (χ3v) is 11.1. The second-order valence-electron chi connectivity index (χ2n) is 13.0. The van der Waals surface area contributed by atoms with Crippen LogP contribution in [0.25, 0.3) is 109 Å². The third kappa shape index (κ3) is 4.55. The SMILES string of the molecule is c1ccc(-c2nc(-c3ccc4ccc5sc6ccc7oc(-c8ccccc8)nc7c6c5c4c3)nc(-c3cc4ccccc4c4ccccc34)n2)cc1.